The molecule has 3 aromatic rings. The van der Waals surface area contributed by atoms with Crippen molar-refractivity contribution in [3.05, 3.63) is 75.9 Å². The summed E-state index contributed by atoms with van der Waals surface area (Å²) < 4.78 is 5.48. The average Bonchev–Trinajstić information content (AvgIpc) is 3.20. The molecule has 4 rings (SSSR count). The fraction of sp³-hybridized carbons (Fsp3) is 0.231. The van der Waals surface area contributed by atoms with Gasteiger partial charge in [-0.05, 0) is 67.7 Å². The molecule has 1 aromatic heterocycles. The van der Waals surface area contributed by atoms with Crippen LogP contribution >= 0.6 is 11.6 Å². The lowest BCUT2D eigenvalue weighted by Crippen LogP contribution is -2.44. The summed E-state index contributed by atoms with van der Waals surface area (Å²) in [6, 6.07) is 14.2. The highest BCUT2D eigenvalue weighted by atomic mass is 35.5. The lowest BCUT2D eigenvalue weighted by molar-refractivity contribution is -0.127. The second-order valence-corrected chi connectivity index (χ2v) is 8.38. The maximum atomic E-state index is 13.3. The zero-order valence-corrected chi connectivity index (χ0v) is 19.6. The number of carbonyl (C=O) groups is 3. The Morgan fingerprint density at radius 3 is 2.59 bits per heavy atom. The van der Waals surface area contributed by atoms with Gasteiger partial charge in [-0.1, -0.05) is 41.9 Å². The van der Waals surface area contributed by atoms with Crippen molar-refractivity contribution in [2.24, 2.45) is 0 Å². The second-order valence-electron chi connectivity index (χ2n) is 7.95. The number of carbonyl (C=O) groups excluding carboxylic acids is 3. The smallest absolute Gasteiger partial charge is 0.339 e. The molecule has 0 fully saturated rings. The molecule has 1 atom stereocenters. The van der Waals surface area contributed by atoms with E-state index in [4.69, 9.17) is 21.3 Å². The zero-order chi connectivity index (χ0) is 24.2. The van der Waals surface area contributed by atoms with Crippen molar-refractivity contribution >= 4 is 52.1 Å². The third-order valence-electron chi connectivity index (χ3n) is 5.58. The fourth-order valence-corrected chi connectivity index (χ4v) is 4.09. The van der Waals surface area contributed by atoms with Gasteiger partial charge in [-0.25, -0.2) is 14.6 Å². The minimum Gasteiger partial charge on any atom is -0.449 e. The van der Waals surface area contributed by atoms with Gasteiger partial charge in [0.25, 0.3) is 5.91 Å². The Hall–Kier alpha value is -3.71. The molecular weight excluding hydrogens is 454 g/mol. The number of aromatic nitrogens is 1. The standard InChI is InChI=1S/C26H24ClN3O4/c1-3-28-26(33)30-24(31)15(2)34-25(32)22-19-6-4-5-7-21(19)29-23-17(10-13-20(22)23)14-16-8-11-18(27)12-9-16/h4-9,11-12,14-15H,3,10,13H2,1-2H3,(H2,28,30,31,33). The van der Waals surface area contributed by atoms with Crippen LogP contribution in [0.1, 0.15) is 47.4 Å². The number of esters is 1. The van der Waals surface area contributed by atoms with E-state index < -0.39 is 24.0 Å². The molecule has 2 N–H and O–H groups in total. The number of imide groups is 1. The third-order valence-corrected chi connectivity index (χ3v) is 5.84. The number of ether oxygens (including phenoxy) is 1. The highest BCUT2D eigenvalue weighted by Gasteiger charge is 2.29. The minimum absolute atomic E-state index is 0.369. The van der Waals surface area contributed by atoms with E-state index >= 15 is 0 Å². The molecule has 0 saturated heterocycles. The van der Waals surface area contributed by atoms with Crippen molar-refractivity contribution in [1.29, 1.82) is 0 Å². The molecule has 7 nitrogen and oxygen atoms in total. The van der Waals surface area contributed by atoms with Gasteiger partial charge in [-0.15, -0.1) is 0 Å². The quantitative estimate of drug-likeness (QED) is 0.516. The number of hydrogen-bond acceptors (Lipinski definition) is 5. The van der Waals surface area contributed by atoms with E-state index in [9.17, 15) is 14.4 Å². The highest BCUT2D eigenvalue weighted by molar-refractivity contribution is 6.30. The number of hydrogen-bond donors (Lipinski definition) is 2. The van der Waals surface area contributed by atoms with E-state index in [1.54, 1.807) is 6.92 Å². The van der Waals surface area contributed by atoms with Gasteiger partial charge < -0.3 is 10.1 Å². The van der Waals surface area contributed by atoms with Crippen LogP contribution in [0.5, 0.6) is 0 Å². The highest BCUT2D eigenvalue weighted by Crippen LogP contribution is 2.38. The first-order chi connectivity index (χ1) is 16.4. The summed E-state index contributed by atoms with van der Waals surface area (Å²) in [7, 11) is 0. The molecule has 3 amide bonds. The molecular formula is C26H24ClN3O4. The Labute approximate surface area is 202 Å². The zero-order valence-electron chi connectivity index (χ0n) is 18.9. The summed E-state index contributed by atoms with van der Waals surface area (Å²) >= 11 is 6.00. The van der Waals surface area contributed by atoms with E-state index in [0.29, 0.717) is 34.5 Å². The molecule has 0 bridgehead atoms. The molecule has 1 heterocycles. The van der Waals surface area contributed by atoms with Gasteiger partial charge in [0.15, 0.2) is 6.10 Å². The van der Waals surface area contributed by atoms with Crippen LogP contribution in [0.4, 0.5) is 4.79 Å². The lowest BCUT2D eigenvalue weighted by atomic mass is 10.0. The van der Waals surface area contributed by atoms with Crippen molar-refractivity contribution < 1.29 is 19.1 Å². The van der Waals surface area contributed by atoms with Gasteiger partial charge in [0.1, 0.15) is 0 Å². The van der Waals surface area contributed by atoms with E-state index in [2.05, 4.69) is 10.6 Å². The molecule has 1 aliphatic carbocycles. The summed E-state index contributed by atoms with van der Waals surface area (Å²) in [5.41, 5.74) is 4.61. The Balaban J connectivity index is 1.68. The minimum atomic E-state index is -1.15. The van der Waals surface area contributed by atoms with Crippen LogP contribution in [-0.2, 0) is 16.0 Å². The number of halogens is 1. The Bertz CT molecular complexity index is 1300. The number of nitrogens with zero attached hydrogens (tertiary/aromatic N) is 1. The van der Waals surface area contributed by atoms with Crippen LogP contribution in [0.15, 0.2) is 48.5 Å². The van der Waals surface area contributed by atoms with Gasteiger partial charge in [-0.3, -0.25) is 10.1 Å². The van der Waals surface area contributed by atoms with Gasteiger partial charge in [-0.2, -0.15) is 0 Å². The molecule has 0 spiro atoms. The molecule has 2 aromatic carbocycles. The van der Waals surface area contributed by atoms with E-state index in [1.807, 2.05) is 54.6 Å². The topological polar surface area (TPSA) is 97.4 Å². The fourth-order valence-electron chi connectivity index (χ4n) is 3.96. The maximum absolute atomic E-state index is 13.3. The van der Waals surface area contributed by atoms with E-state index in [-0.39, 0.29) is 0 Å². The first-order valence-corrected chi connectivity index (χ1v) is 11.4. The van der Waals surface area contributed by atoms with E-state index in [0.717, 1.165) is 28.8 Å². The summed E-state index contributed by atoms with van der Waals surface area (Å²) in [5, 5.41) is 5.96. The molecule has 174 valence electrons. The molecule has 1 aliphatic rings. The predicted octanol–water partition coefficient (Wildman–Crippen LogP) is 4.77. The third kappa shape index (κ3) is 4.94. The first kappa shape index (κ1) is 23.4. The summed E-state index contributed by atoms with van der Waals surface area (Å²) in [5.74, 6) is -1.32. The van der Waals surface area contributed by atoms with Crippen molar-refractivity contribution in [2.45, 2.75) is 32.8 Å². The van der Waals surface area contributed by atoms with Crippen LogP contribution in [0, 0.1) is 0 Å². The van der Waals surface area contributed by atoms with Crippen LogP contribution in [-0.4, -0.2) is 35.5 Å². The summed E-state index contributed by atoms with van der Waals surface area (Å²) in [4.78, 5) is 42.0. The van der Waals surface area contributed by atoms with Crippen molar-refractivity contribution in [3.63, 3.8) is 0 Å². The van der Waals surface area contributed by atoms with Gasteiger partial charge in [0, 0.05) is 17.0 Å². The lowest BCUT2D eigenvalue weighted by Gasteiger charge is -2.16. The number of nitrogens with one attached hydrogen (secondary N) is 2. The maximum Gasteiger partial charge on any atom is 0.339 e. The van der Waals surface area contributed by atoms with Crippen LogP contribution in [0.25, 0.3) is 22.6 Å². The number of amides is 3. The number of urea groups is 1. The van der Waals surface area contributed by atoms with Crippen LogP contribution in [0.3, 0.4) is 0 Å². The van der Waals surface area contributed by atoms with E-state index in [1.165, 1.54) is 6.92 Å². The molecule has 0 radical (unpaired) electrons. The SMILES string of the molecule is CCNC(=O)NC(=O)C(C)OC(=O)c1c2c(nc3ccccc13)C(=Cc1ccc(Cl)cc1)CC2. The van der Waals surface area contributed by atoms with Gasteiger partial charge >= 0.3 is 12.0 Å². The first-order valence-electron chi connectivity index (χ1n) is 11.0. The van der Waals surface area contributed by atoms with Gasteiger partial charge in [0.05, 0.1) is 16.8 Å². The van der Waals surface area contributed by atoms with Crippen molar-refractivity contribution in [3.8, 4) is 0 Å². The van der Waals surface area contributed by atoms with Crippen LogP contribution < -0.4 is 10.6 Å². The Morgan fingerprint density at radius 1 is 1.12 bits per heavy atom. The number of benzene rings is 2. The predicted molar refractivity (Wildman–Crippen MR) is 131 cm³/mol. The Kier molecular flexibility index (Phi) is 6.93. The largest absolute Gasteiger partial charge is 0.449 e. The molecule has 1 unspecified atom stereocenters. The molecule has 8 heteroatoms. The normalized spacial score (nSPS) is 14.5. The second kappa shape index (κ2) is 10.1. The number of rotatable bonds is 5. The number of para-hydroxylation sites is 1. The number of fused-ring (bicyclic) bond motifs is 2. The average molecular weight is 478 g/mol. The van der Waals surface area contributed by atoms with Crippen molar-refractivity contribution in [1.82, 2.24) is 15.6 Å². The number of pyridine rings is 1. The van der Waals surface area contributed by atoms with Gasteiger partial charge in [0.2, 0.25) is 0 Å². The molecule has 34 heavy (non-hydrogen) atoms. The summed E-state index contributed by atoms with van der Waals surface area (Å²) in [6.45, 7) is 3.54. The monoisotopic (exact) mass is 477 g/mol. The number of allylic oxidation sites excluding steroid dienone is 1. The van der Waals surface area contributed by atoms with Crippen LogP contribution in [0.2, 0.25) is 5.02 Å². The molecule has 0 saturated carbocycles. The summed E-state index contributed by atoms with van der Waals surface area (Å²) in [6.07, 6.45) is 2.23. The molecule has 0 aliphatic heterocycles. The Morgan fingerprint density at radius 2 is 1.85 bits per heavy atom. The van der Waals surface area contributed by atoms with Crippen molar-refractivity contribution in [2.75, 3.05) is 6.54 Å².